The molecule has 0 aliphatic carbocycles. The second kappa shape index (κ2) is 6.35. The Kier molecular flexibility index (Phi) is 5.09. The second-order valence-corrected chi connectivity index (χ2v) is 4.63. The average Bonchev–Trinajstić information content (AvgIpc) is 2.37. The zero-order valence-electron chi connectivity index (χ0n) is 10.8. The van der Waals surface area contributed by atoms with E-state index in [4.69, 9.17) is 22.7 Å². The lowest BCUT2D eigenvalue weighted by atomic mass is 10.1. The van der Waals surface area contributed by atoms with E-state index in [1.807, 2.05) is 43.1 Å². The Morgan fingerprint density at radius 1 is 1.50 bits per heavy atom. The van der Waals surface area contributed by atoms with Gasteiger partial charge in [0.25, 0.3) is 0 Å². The van der Waals surface area contributed by atoms with Gasteiger partial charge in [-0.15, -0.1) is 0 Å². The minimum Gasteiger partial charge on any atom is -0.469 e. The van der Waals surface area contributed by atoms with Crippen molar-refractivity contribution >= 4 is 28.9 Å². The molecule has 0 amide bonds. The van der Waals surface area contributed by atoms with Gasteiger partial charge in [-0.25, -0.2) is 0 Å². The van der Waals surface area contributed by atoms with Crippen LogP contribution in [0.5, 0.6) is 0 Å². The van der Waals surface area contributed by atoms with Gasteiger partial charge in [0.2, 0.25) is 0 Å². The van der Waals surface area contributed by atoms with Crippen LogP contribution in [0.3, 0.4) is 0 Å². The van der Waals surface area contributed by atoms with Crippen LogP contribution in [0, 0.1) is 5.92 Å². The molecule has 0 fully saturated rings. The Morgan fingerprint density at radius 2 is 2.11 bits per heavy atom. The summed E-state index contributed by atoms with van der Waals surface area (Å²) in [7, 11) is 3.29. The third-order valence-corrected chi connectivity index (χ3v) is 2.95. The van der Waals surface area contributed by atoms with Gasteiger partial charge >= 0.3 is 5.97 Å². The number of nitrogens with two attached hydrogens (primary N) is 1. The molecule has 4 nitrogen and oxygen atoms in total. The number of esters is 1. The zero-order valence-corrected chi connectivity index (χ0v) is 11.7. The smallest absolute Gasteiger partial charge is 0.310 e. The molecule has 1 atom stereocenters. The average molecular weight is 266 g/mol. The van der Waals surface area contributed by atoms with Crippen molar-refractivity contribution in [1.82, 2.24) is 0 Å². The summed E-state index contributed by atoms with van der Waals surface area (Å²) < 4.78 is 4.71. The van der Waals surface area contributed by atoms with Crippen LogP contribution in [0.4, 0.5) is 5.69 Å². The van der Waals surface area contributed by atoms with Gasteiger partial charge in [0.1, 0.15) is 4.99 Å². The first-order valence-electron chi connectivity index (χ1n) is 5.65. The van der Waals surface area contributed by atoms with Gasteiger partial charge in [0.05, 0.1) is 13.0 Å². The molecule has 0 saturated carbocycles. The van der Waals surface area contributed by atoms with Gasteiger partial charge in [0, 0.05) is 24.8 Å². The fourth-order valence-electron chi connectivity index (χ4n) is 1.80. The van der Waals surface area contributed by atoms with Crippen molar-refractivity contribution < 1.29 is 9.53 Å². The first kappa shape index (κ1) is 14.4. The highest BCUT2D eigenvalue weighted by Crippen LogP contribution is 2.20. The molecule has 1 aromatic rings. The Labute approximate surface area is 113 Å². The Hall–Kier alpha value is -1.62. The lowest BCUT2D eigenvalue weighted by molar-refractivity contribution is -0.144. The third-order valence-electron chi connectivity index (χ3n) is 2.73. The molecule has 0 saturated heterocycles. The van der Waals surface area contributed by atoms with E-state index >= 15 is 0 Å². The fourth-order valence-corrected chi connectivity index (χ4v) is 1.97. The third kappa shape index (κ3) is 3.43. The Morgan fingerprint density at radius 3 is 2.67 bits per heavy atom. The monoisotopic (exact) mass is 266 g/mol. The molecule has 98 valence electrons. The minimum absolute atomic E-state index is 0.209. The van der Waals surface area contributed by atoms with Crippen LogP contribution in [0.25, 0.3) is 0 Å². The largest absolute Gasteiger partial charge is 0.469 e. The zero-order chi connectivity index (χ0) is 13.7. The maximum absolute atomic E-state index is 11.4. The van der Waals surface area contributed by atoms with Crippen LogP contribution in [-0.4, -0.2) is 31.7 Å². The molecule has 0 heterocycles. The van der Waals surface area contributed by atoms with E-state index in [0.29, 0.717) is 11.5 Å². The fraction of sp³-hybridized carbons (Fsp3) is 0.385. The minimum atomic E-state index is -0.227. The molecular weight excluding hydrogens is 248 g/mol. The number of para-hydroxylation sites is 1. The van der Waals surface area contributed by atoms with E-state index in [-0.39, 0.29) is 11.9 Å². The lowest BCUT2D eigenvalue weighted by Gasteiger charge is -2.24. The molecule has 0 spiro atoms. The number of benzene rings is 1. The number of carbonyl (C=O) groups is 1. The number of ether oxygens (including phenoxy) is 1. The summed E-state index contributed by atoms with van der Waals surface area (Å²) in [5.74, 6) is -0.436. The summed E-state index contributed by atoms with van der Waals surface area (Å²) in [4.78, 5) is 13.7. The molecule has 0 aromatic heterocycles. The van der Waals surface area contributed by atoms with Crippen molar-refractivity contribution in [3.05, 3.63) is 29.8 Å². The number of carbonyl (C=O) groups excluding carboxylic acids is 1. The lowest BCUT2D eigenvalue weighted by Crippen LogP contribution is -2.30. The SMILES string of the molecule is COC(=O)C(C)CN(C)c1ccccc1C(N)=S. The van der Waals surface area contributed by atoms with E-state index in [2.05, 4.69) is 0 Å². The first-order chi connectivity index (χ1) is 8.47. The normalized spacial score (nSPS) is 11.7. The van der Waals surface area contributed by atoms with E-state index in [9.17, 15) is 4.79 Å². The highest BCUT2D eigenvalue weighted by atomic mass is 32.1. The van der Waals surface area contributed by atoms with Gasteiger partial charge in [0.15, 0.2) is 0 Å². The molecule has 1 aromatic carbocycles. The van der Waals surface area contributed by atoms with E-state index in [1.54, 1.807) is 0 Å². The van der Waals surface area contributed by atoms with E-state index in [0.717, 1.165) is 11.3 Å². The van der Waals surface area contributed by atoms with Crippen molar-refractivity contribution in [2.24, 2.45) is 11.7 Å². The molecule has 0 aliphatic heterocycles. The molecule has 5 heteroatoms. The number of hydrogen-bond donors (Lipinski definition) is 1. The standard InChI is InChI=1S/C13H18N2O2S/c1-9(13(16)17-3)8-15(2)11-7-5-4-6-10(11)12(14)18/h4-7,9H,8H2,1-3H3,(H2,14,18). The Balaban J connectivity index is 2.87. The van der Waals surface area contributed by atoms with E-state index < -0.39 is 0 Å². The maximum atomic E-state index is 11.4. The van der Waals surface area contributed by atoms with Gasteiger partial charge in [-0.05, 0) is 12.1 Å². The summed E-state index contributed by atoms with van der Waals surface area (Å²) in [6, 6.07) is 7.60. The van der Waals surface area contributed by atoms with Crippen molar-refractivity contribution in [2.45, 2.75) is 6.92 Å². The summed E-state index contributed by atoms with van der Waals surface area (Å²) in [5.41, 5.74) is 7.41. The highest BCUT2D eigenvalue weighted by molar-refractivity contribution is 7.80. The number of methoxy groups -OCH3 is 1. The molecule has 2 N–H and O–H groups in total. The van der Waals surface area contributed by atoms with Crippen LogP contribution in [-0.2, 0) is 9.53 Å². The Bertz CT molecular complexity index is 448. The van der Waals surface area contributed by atoms with Crippen LogP contribution in [0.1, 0.15) is 12.5 Å². The van der Waals surface area contributed by atoms with Crippen LogP contribution >= 0.6 is 12.2 Å². The summed E-state index contributed by atoms with van der Waals surface area (Å²) in [6.07, 6.45) is 0. The van der Waals surface area contributed by atoms with Crippen molar-refractivity contribution in [2.75, 3.05) is 25.6 Å². The maximum Gasteiger partial charge on any atom is 0.310 e. The molecule has 18 heavy (non-hydrogen) atoms. The molecule has 1 rings (SSSR count). The van der Waals surface area contributed by atoms with Crippen molar-refractivity contribution in [3.63, 3.8) is 0 Å². The number of anilines is 1. The van der Waals surface area contributed by atoms with Crippen molar-refractivity contribution in [3.8, 4) is 0 Å². The quantitative estimate of drug-likeness (QED) is 0.647. The highest BCUT2D eigenvalue weighted by Gasteiger charge is 2.17. The number of nitrogens with zero attached hydrogens (tertiary/aromatic N) is 1. The molecule has 1 unspecified atom stereocenters. The predicted octanol–water partition coefficient (Wildman–Crippen LogP) is 1.57. The van der Waals surface area contributed by atoms with Gasteiger partial charge in [-0.3, -0.25) is 4.79 Å². The van der Waals surface area contributed by atoms with Gasteiger partial charge < -0.3 is 15.4 Å². The predicted molar refractivity (Wildman–Crippen MR) is 76.8 cm³/mol. The van der Waals surface area contributed by atoms with Crippen molar-refractivity contribution in [1.29, 1.82) is 0 Å². The second-order valence-electron chi connectivity index (χ2n) is 4.19. The summed E-state index contributed by atoms with van der Waals surface area (Å²) >= 11 is 5.02. The molecule has 0 bridgehead atoms. The van der Waals surface area contributed by atoms with Crippen LogP contribution < -0.4 is 10.6 Å². The summed E-state index contributed by atoms with van der Waals surface area (Å²) in [5, 5.41) is 0. The summed E-state index contributed by atoms with van der Waals surface area (Å²) in [6.45, 7) is 2.37. The van der Waals surface area contributed by atoms with Gasteiger partial charge in [-0.1, -0.05) is 31.3 Å². The topological polar surface area (TPSA) is 55.6 Å². The first-order valence-corrected chi connectivity index (χ1v) is 6.06. The van der Waals surface area contributed by atoms with Gasteiger partial charge in [-0.2, -0.15) is 0 Å². The molecule has 0 aliphatic rings. The molecule has 0 radical (unpaired) electrons. The molecular formula is C13H18N2O2S. The number of rotatable bonds is 5. The van der Waals surface area contributed by atoms with E-state index in [1.165, 1.54) is 7.11 Å². The van der Waals surface area contributed by atoms with Crippen LogP contribution in [0.15, 0.2) is 24.3 Å². The number of hydrogen-bond acceptors (Lipinski definition) is 4. The van der Waals surface area contributed by atoms with Crippen LogP contribution in [0.2, 0.25) is 0 Å². The number of thiocarbonyl (C=S) groups is 1.